The highest BCUT2D eigenvalue weighted by atomic mass is 16.5. The summed E-state index contributed by atoms with van der Waals surface area (Å²) in [6, 6.07) is 4.55. The van der Waals surface area contributed by atoms with Crippen LogP contribution in [0, 0.1) is 13.8 Å². The molecule has 0 amide bonds. The van der Waals surface area contributed by atoms with Crippen LogP contribution in [0.2, 0.25) is 0 Å². The molecule has 1 aromatic carbocycles. The second kappa shape index (κ2) is 4.95. The fraction of sp³-hybridized carbons (Fsp3) is 0.647. The minimum absolute atomic E-state index is 0.142. The van der Waals surface area contributed by atoms with E-state index in [-0.39, 0.29) is 11.0 Å². The van der Waals surface area contributed by atoms with Gasteiger partial charge in [0.05, 0.1) is 0 Å². The third-order valence-corrected chi connectivity index (χ3v) is 3.53. The Morgan fingerprint density at radius 3 is 1.72 bits per heavy atom. The lowest BCUT2D eigenvalue weighted by Crippen LogP contribution is -2.24. The van der Waals surface area contributed by atoms with Gasteiger partial charge in [-0.2, -0.15) is 0 Å². The lowest BCUT2D eigenvalue weighted by atomic mass is 9.81. The number of benzene rings is 1. The van der Waals surface area contributed by atoms with Gasteiger partial charge in [-0.1, -0.05) is 32.9 Å². The molecule has 0 N–H and O–H groups in total. The zero-order valence-corrected chi connectivity index (χ0v) is 13.3. The standard InChI is InChI=1S/C17H28O/c1-9-17(7,8)14-10-12(2)15(13(3)11-14)18-16(4,5)6/h10-11H,9H2,1-8H3. The van der Waals surface area contributed by atoms with Gasteiger partial charge in [-0.15, -0.1) is 0 Å². The number of hydrogen-bond donors (Lipinski definition) is 0. The summed E-state index contributed by atoms with van der Waals surface area (Å²) >= 11 is 0. The van der Waals surface area contributed by atoms with Crippen LogP contribution in [0.1, 0.15) is 64.7 Å². The first-order valence-electron chi connectivity index (χ1n) is 6.87. The van der Waals surface area contributed by atoms with E-state index < -0.39 is 0 Å². The van der Waals surface area contributed by atoms with E-state index >= 15 is 0 Å². The van der Waals surface area contributed by atoms with E-state index in [2.05, 4.69) is 67.5 Å². The molecule has 1 nitrogen and oxygen atoms in total. The Balaban J connectivity index is 3.21. The van der Waals surface area contributed by atoms with E-state index in [0.29, 0.717) is 0 Å². The van der Waals surface area contributed by atoms with Crippen molar-refractivity contribution in [3.63, 3.8) is 0 Å². The summed E-state index contributed by atoms with van der Waals surface area (Å²) in [7, 11) is 0. The number of ether oxygens (including phenoxy) is 1. The van der Waals surface area contributed by atoms with Crippen molar-refractivity contribution in [3.8, 4) is 5.75 Å². The number of rotatable bonds is 3. The highest BCUT2D eigenvalue weighted by Gasteiger charge is 2.21. The number of hydrogen-bond acceptors (Lipinski definition) is 1. The Morgan fingerprint density at radius 2 is 1.39 bits per heavy atom. The van der Waals surface area contributed by atoms with Crippen molar-refractivity contribution in [2.75, 3.05) is 0 Å². The molecule has 0 radical (unpaired) electrons. The molecule has 18 heavy (non-hydrogen) atoms. The second-order valence-corrected chi connectivity index (χ2v) is 6.89. The van der Waals surface area contributed by atoms with Crippen molar-refractivity contribution >= 4 is 0 Å². The van der Waals surface area contributed by atoms with Gasteiger partial charge in [0, 0.05) is 0 Å². The van der Waals surface area contributed by atoms with Crippen molar-refractivity contribution < 1.29 is 4.74 Å². The van der Waals surface area contributed by atoms with Gasteiger partial charge >= 0.3 is 0 Å². The third kappa shape index (κ3) is 3.51. The monoisotopic (exact) mass is 248 g/mol. The van der Waals surface area contributed by atoms with E-state index in [4.69, 9.17) is 4.74 Å². The molecule has 0 aliphatic carbocycles. The zero-order valence-electron chi connectivity index (χ0n) is 13.3. The van der Waals surface area contributed by atoms with Gasteiger partial charge in [-0.3, -0.25) is 0 Å². The molecule has 102 valence electrons. The zero-order chi connectivity index (χ0) is 14.1. The van der Waals surface area contributed by atoms with Crippen LogP contribution in [0.5, 0.6) is 5.75 Å². The normalized spacial score (nSPS) is 12.7. The minimum Gasteiger partial charge on any atom is -0.488 e. The van der Waals surface area contributed by atoms with Crippen molar-refractivity contribution in [3.05, 3.63) is 28.8 Å². The van der Waals surface area contributed by atoms with Crippen LogP contribution in [0.3, 0.4) is 0 Å². The van der Waals surface area contributed by atoms with Gasteiger partial charge in [-0.25, -0.2) is 0 Å². The average molecular weight is 248 g/mol. The van der Waals surface area contributed by atoms with Crippen molar-refractivity contribution in [2.24, 2.45) is 0 Å². The molecule has 0 atom stereocenters. The summed E-state index contributed by atoms with van der Waals surface area (Å²) < 4.78 is 6.06. The summed E-state index contributed by atoms with van der Waals surface area (Å²) in [5.41, 5.74) is 3.97. The molecule has 0 bridgehead atoms. The molecule has 0 fully saturated rings. The molecule has 0 unspecified atom stereocenters. The fourth-order valence-corrected chi connectivity index (χ4v) is 2.01. The van der Waals surface area contributed by atoms with E-state index in [1.807, 2.05) is 0 Å². The molecule has 1 rings (SSSR count). The van der Waals surface area contributed by atoms with E-state index in [0.717, 1.165) is 12.2 Å². The molecule has 0 aliphatic heterocycles. The van der Waals surface area contributed by atoms with Gasteiger partial charge in [0.15, 0.2) is 0 Å². The SMILES string of the molecule is CCC(C)(C)c1cc(C)c(OC(C)(C)C)c(C)c1. The molecule has 0 aromatic heterocycles. The largest absolute Gasteiger partial charge is 0.488 e. The van der Waals surface area contributed by atoms with Gasteiger partial charge < -0.3 is 4.74 Å². The molecule has 0 spiro atoms. The average Bonchev–Trinajstić information content (AvgIpc) is 2.21. The van der Waals surface area contributed by atoms with E-state index in [9.17, 15) is 0 Å². The third-order valence-electron chi connectivity index (χ3n) is 3.53. The van der Waals surface area contributed by atoms with E-state index in [1.54, 1.807) is 0 Å². The smallest absolute Gasteiger partial charge is 0.125 e. The Morgan fingerprint density at radius 1 is 0.944 bits per heavy atom. The lowest BCUT2D eigenvalue weighted by molar-refractivity contribution is 0.128. The summed E-state index contributed by atoms with van der Waals surface area (Å²) in [5.74, 6) is 1.04. The Kier molecular flexibility index (Phi) is 4.15. The molecular formula is C17H28O. The molecule has 0 aliphatic rings. The van der Waals surface area contributed by atoms with Gasteiger partial charge in [0.25, 0.3) is 0 Å². The van der Waals surface area contributed by atoms with E-state index in [1.165, 1.54) is 16.7 Å². The van der Waals surface area contributed by atoms with Crippen molar-refractivity contribution in [2.45, 2.75) is 72.8 Å². The van der Waals surface area contributed by atoms with Crippen LogP contribution in [-0.4, -0.2) is 5.60 Å². The van der Waals surface area contributed by atoms with Crippen LogP contribution < -0.4 is 4.74 Å². The first-order chi connectivity index (χ1) is 8.07. The molecule has 0 saturated heterocycles. The first kappa shape index (κ1) is 15.1. The molecule has 1 aromatic rings. The first-order valence-corrected chi connectivity index (χ1v) is 6.87. The minimum atomic E-state index is -0.142. The maximum Gasteiger partial charge on any atom is 0.125 e. The predicted octanol–water partition coefficient (Wildman–Crippen LogP) is 5.17. The van der Waals surface area contributed by atoms with Crippen LogP contribution in [0.25, 0.3) is 0 Å². The highest BCUT2D eigenvalue weighted by molar-refractivity contribution is 5.45. The molecule has 0 heterocycles. The second-order valence-electron chi connectivity index (χ2n) is 6.89. The quantitative estimate of drug-likeness (QED) is 0.717. The van der Waals surface area contributed by atoms with Crippen LogP contribution in [0.4, 0.5) is 0 Å². The summed E-state index contributed by atoms with van der Waals surface area (Å²) in [5, 5.41) is 0. The van der Waals surface area contributed by atoms with Crippen LogP contribution in [-0.2, 0) is 5.41 Å². The Hall–Kier alpha value is -0.980. The Labute approximate surface area is 113 Å². The lowest BCUT2D eigenvalue weighted by Gasteiger charge is -2.28. The van der Waals surface area contributed by atoms with Crippen LogP contribution in [0.15, 0.2) is 12.1 Å². The number of aryl methyl sites for hydroxylation is 2. The summed E-state index contributed by atoms with van der Waals surface area (Å²) in [6.07, 6.45) is 1.14. The van der Waals surface area contributed by atoms with Crippen molar-refractivity contribution in [1.29, 1.82) is 0 Å². The Bertz CT molecular complexity index is 399. The van der Waals surface area contributed by atoms with Gasteiger partial charge in [-0.05, 0) is 63.1 Å². The summed E-state index contributed by atoms with van der Waals surface area (Å²) in [6.45, 7) is 17.4. The highest BCUT2D eigenvalue weighted by Crippen LogP contribution is 2.34. The maximum absolute atomic E-state index is 6.06. The topological polar surface area (TPSA) is 9.23 Å². The predicted molar refractivity (Wildman–Crippen MR) is 79.6 cm³/mol. The van der Waals surface area contributed by atoms with Crippen LogP contribution >= 0.6 is 0 Å². The van der Waals surface area contributed by atoms with Gasteiger partial charge in [0.1, 0.15) is 11.4 Å². The maximum atomic E-state index is 6.06. The summed E-state index contributed by atoms with van der Waals surface area (Å²) in [4.78, 5) is 0. The fourth-order valence-electron chi connectivity index (χ4n) is 2.01. The van der Waals surface area contributed by atoms with Crippen molar-refractivity contribution in [1.82, 2.24) is 0 Å². The molecule has 0 saturated carbocycles. The van der Waals surface area contributed by atoms with Gasteiger partial charge in [0.2, 0.25) is 0 Å². The molecule has 1 heteroatoms. The molecular weight excluding hydrogens is 220 g/mol.